The maximum absolute atomic E-state index is 12.9. The summed E-state index contributed by atoms with van der Waals surface area (Å²) in [5.41, 5.74) is 0.534. The standard InChI is InChI=1S/C16H26N4O3S2/c1-4-7-17-16(24)18-14-12-13(5-6-15(14)23-3)25(21,22)20-10-8-19(2)9-11-20/h5-6,12H,4,7-11H2,1-3H3,(H2,17,18,24). The van der Waals surface area contributed by atoms with Crippen molar-refractivity contribution in [1.29, 1.82) is 0 Å². The first-order valence-electron chi connectivity index (χ1n) is 8.30. The highest BCUT2D eigenvalue weighted by Gasteiger charge is 2.28. The number of methoxy groups -OCH3 is 1. The highest BCUT2D eigenvalue weighted by molar-refractivity contribution is 7.89. The van der Waals surface area contributed by atoms with Gasteiger partial charge in [0.25, 0.3) is 0 Å². The largest absolute Gasteiger partial charge is 0.495 e. The molecule has 1 heterocycles. The van der Waals surface area contributed by atoms with E-state index in [-0.39, 0.29) is 4.90 Å². The van der Waals surface area contributed by atoms with E-state index in [1.807, 2.05) is 14.0 Å². The van der Waals surface area contributed by atoms with E-state index >= 15 is 0 Å². The molecule has 2 N–H and O–H groups in total. The van der Waals surface area contributed by atoms with Gasteiger partial charge in [0.05, 0.1) is 17.7 Å². The predicted octanol–water partition coefficient (Wildman–Crippen LogP) is 1.33. The molecular formula is C16H26N4O3S2. The number of ether oxygens (including phenoxy) is 1. The zero-order valence-electron chi connectivity index (χ0n) is 14.9. The molecule has 1 aromatic rings. The number of piperazine rings is 1. The molecule has 1 saturated heterocycles. The zero-order valence-corrected chi connectivity index (χ0v) is 16.5. The zero-order chi connectivity index (χ0) is 18.4. The number of sulfonamides is 1. The van der Waals surface area contributed by atoms with Crippen LogP contribution in [0.2, 0.25) is 0 Å². The van der Waals surface area contributed by atoms with Gasteiger partial charge in [0.2, 0.25) is 10.0 Å². The Kier molecular flexibility index (Phi) is 7.00. The van der Waals surface area contributed by atoms with Crippen LogP contribution in [0, 0.1) is 0 Å². The van der Waals surface area contributed by atoms with Gasteiger partial charge in [-0.3, -0.25) is 0 Å². The third kappa shape index (κ3) is 5.04. The Bertz CT molecular complexity index is 701. The summed E-state index contributed by atoms with van der Waals surface area (Å²) >= 11 is 5.24. The van der Waals surface area contributed by atoms with E-state index in [1.165, 1.54) is 11.4 Å². The topological polar surface area (TPSA) is 73.9 Å². The van der Waals surface area contributed by atoms with Gasteiger partial charge in [-0.25, -0.2) is 8.42 Å². The minimum Gasteiger partial charge on any atom is -0.495 e. The minimum absolute atomic E-state index is 0.235. The second-order valence-electron chi connectivity index (χ2n) is 5.95. The van der Waals surface area contributed by atoms with E-state index in [0.717, 1.165) is 26.1 Å². The second kappa shape index (κ2) is 8.79. The van der Waals surface area contributed by atoms with Crippen molar-refractivity contribution in [3.63, 3.8) is 0 Å². The average Bonchev–Trinajstić information content (AvgIpc) is 2.60. The Morgan fingerprint density at radius 1 is 1.28 bits per heavy atom. The molecule has 1 aliphatic rings. The maximum Gasteiger partial charge on any atom is 0.243 e. The molecule has 0 radical (unpaired) electrons. The van der Waals surface area contributed by atoms with Crippen LogP contribution >= 0.6 is 12.2 Å². The first-order valence-corrected chi connectivity index (χ1v) is 10.1. The molecule has 1 aliphatic heterocycles. The fraction of sp³-hybridized carbons (Fsp3) is 0.562. The third-order valence-electron chi connectivity index (χ3n) is 4.05. The molecule has 0 bridgehead atoms. The number of benzene rings is 1. The lowest BCUT2D eigenvalue weighted by Gasteiger charge is -2.31. The number of hydrogen-bond acceptors (Lipinski definition) is 5. The number of nitrogens with one attached hydrogen (secondary N) is 2. The summed E-state index contributed by atoms with van der Waals surface area (Å²) in [5, 5.41) is 6.52. The molecule has 7 nitrogen and oxygen atoms in total. The van der Waals surface area contributed by atoms with Crippen molar-refractivity contribution in [2.24, 2.45) is 0 Å². The van der Waals surface area contributed by atoms with Crippen LogP contribution in [0.15, 0.2) is 23.1 Å². The molecular weight excluding hydrogens is 360 g/mol. The van der Waals surface area contributed by atoms with Crippen molar-refractivity contribution in [1.82, 2.24) is 14.5 Å². The van der Waals surface area contributed by atoms with Gasteiger partial charge in [-0.1, -0.05) is 6.92 Å². The van der Waals surface area contributed by atoms with Crippen molar-refractivity contribution in [3.05, 3.63) is 18.2 Å². The summed E-state index contributed by atoms with van der Waals surface area (Å²) < 4.78 is 32.6. The van der Waals surface area contributed by atoms with Gasteiger partial charge in [-0.15, -0.1) is 0 Å². The summed E-state index contributed by atoms with van der Waals surface area (Å²) in [4.78, 5) is 2.35. The van der Waals surface area contributed by atoms with Crippen molar-refractivity contribution >= 4 is 33.0 Å². The van der Waals surface area contributed by atoms with Crippen LogP contribution in [0.3, 0.4) is 0 Å². The molecule has 0 saturated carbocycles. The normalized spacial score (nSPS) is 16.4. The van der Waals surface area contributed by atoms with Crippen molar-refractivity contribution in [3.8, 4) is 5.75 Å². The number of hydrogen-bond donors (Lipinski definition) is 2. The summed E-state index contributed by atoms with van der Waals surface area (Å²) in [6, 6.07) is 4.79. The first kappa shape index (κ1) is 19.9. The highest BCUT2D eigenvalue weighted by Crippen LogP contribution is 2.29. The SMILES string of the molecule is CCCNC(=S)Nc1cc(S(=O)(=O)N2CCN(C)CC2)ccc1OC. The van der Waals surface area contributed by atoms with Gasteiger partial charge < -0.3 is 20.3 Å². The van der Waals surface area contributed by atoms with Gasteiger partial charge in [0, 0.05) is 32.7 Å². The van der Waals surface area contributed by atoms with Gasteiger partial charge in [-0.2, -0.15) is 4.31 Å². The molecule has 0 aromatic heterocycles. The van der Waals surface area contributed by atoms with E-state index < -0.39 is 10.0 Å². The van der Waals surface area contributed by atoms with Crippen molar-refractivity contribution < 1.29 is 13.2 Å². The lowest BCUT2D eigenvalue weighted by atomic mass is 10.3. The number of nitrogens with zero attached hydrogens (tertiary/aromatic N) is 2. The number of rotatable bonds is 6. The monoisotopic (exact) mass is 386 g/mol. The number of anilines is 1. The van der Waals surface area contributed by atoms with Crippen LogP contribution in [0.5, 0.6) is 5.75 Å². The molecule has 1 fully saturated rings. The second-order valence-corrected chi connectivity index (χ2v) is 8.30. The quantitative estimate of drug-likeness (QED) is 0.715. The number of thiocarbonyl (C=S) groups is 1. The first-order chi connectivity index (χ1) is 11.9. The smallest absolute Gasteiger partial charge is 0.243 e. The third-order valence-corrected chi connectivity index (χ3v) is 6.20. The van der Waals surface area contributed by atoms with Gasteiger partial charge in [-0.05, 0) is 43.9 Å². The maximum atomic E-state index is 12.9. The summed E-state index contributed by atoms with van der Waals surface area (Å²) in [6.07, 6.45) is 0.941. The summed E-state index contributed by atoms with van der Waals surface area (Å²) in [7, 11) is -0.00919. The molecule has 0 amide bonds. The lowest BCUT2D eigenvalue weighted by molar-refractivity contribution is 0.222. The van der Waals surface area contributed by atoms with Crippen LogP contribution in [0.25, 0.3) is 0 Å². The predicted molar refractivity (Wildman–Crippen MR) is 104 cm³/mol. The molecule has 25 heavy (non-hydrogen) atoms. The Labute approximate surface area is 155 Å². The van der Waals surface area contributed by atoms with Crippen LogP contribution in [-0.4, -0.2) is 69.6 Å². The van der Waals surface area contributed by atoms with E-state index in [2.05, 4.69) is 15.5 Å². The molecule has 0 spiro atoms. The van der Waals surface area contributed by atoms with Crippen molar-refractivity contribution in [2.45, 2.75) is 18.2 Å². The van der Waals surface area contributed by atoms with E-state index in [0.29, 0.717) is 29.6 Å². The van der Waals surface area contributed by atoms with Crippen molar-refractivity contribution in [2.75, 3.05) is 52.2 Å². The molecule has 9 heteroatoms. The highest BCUT2D eigenvalue weighted by atomic mass is 32.2. The van der Waals surface area contributed by atoms with Crippen LogP contribution < -0.4 is 15.4 Å². The summed E-state index contributed by atoms with van der Waals surface area (Å²) in [5.74, 6) is 0.540. The molecule has 140 valence electrons. The Morgan fingerprint density at radius 2 is 1.96 bits per heavy atom. The number of likely N-dealkylation sites (N-methyl/N-ethyl adjacent to an activating group) is 1. The van der Waals surface area contributed by atoms with E-state index in [4.69, 9.17) is 17.0 Å². The molecule has 0 aliphatic carbocycles. The molecule has 0 unspecified atom stereocenters. The minimum atomic E-state index is -3.54. The van der Waals surface area contributed by atoms with Crippen LogP contribution in [0.4, 0.5) is 5.69 Å². The molecule has 1 aromatic carbocycles. The van der Waals surface area contributed by atoms with Crippen LogP contribution in [-0.2, 0) is 10.0 Å². The Hall–Kier alpha value is -1.42. The Balaban J connectivity index is 2.23. The Morgan fingerprint density at radius 3 is 2.56 bits per heavy atom. The fourth-order valence-corrected chi connectivity index (χ4v) is 4.19. The molecule has 0 atom stereocenters. The average molecular weight is 387 g/mol. The van der Waals surface area contributed by atoms with Gasteiger partial charge >= 0.3 is 0 Å². The molecule has 2 rings (SSSR count). The van der Waals surface area contributed by atoms with E-state index in [1.54, 1.807) is 18.2 Å². The lowest BCUT2D eigenvalue weighted by Crippen LogP contribution is -2.47. The van der Waals surface area contributed by atoms with Gasteiger partial charge in [0.15, 0.2) is 5.11 Å². The fourth-order valence-electron chi connectivity index (χ4n) is 2.53. The van der Waals surface area contributed by atoms with Gasteiger partial charge in [0.1, 0.15) is 5.75 Å². The van der Waals surface area contributed by atoms with E-state index in [9.17, 15) is 8.42 Å². The van der Waals surface area contributed by atoms with Crippen LogP contribution in [0.1, 0.15) is 13.3 Å². The summed E-state index contributed by atoms with van der Waals surface area (Å²) in [6.45, 7) is 5.22.